The molecule has 0 spiro atoms. The van der Waals surface area contributed by atoms with Gasteiger partial charge in [0.25, 0.3) is 0 Å². The molecule has 0 saturated heterocycles. The van der Waals surface area contributed by atoms with E-state index in [9.17, 15) is 4.79 Å². The van der Waals surface area contributed by atoms with Crippen LogP contribution in [0, 0.1) is 12.8 Å². The van der Waals surface area contributed by atoms with Crippen molar-refractivity contribution in [1.82, 2.24) is 0 Å². The van der Waals surface area contributed by atoms with Gasteiger partial charge < -0.3 is 4.74 Å². The number of rotatable bonds is 3. The van der Waals surface area contributed by atoms with E-state index in [1.807, 2.05) is 0 Å². The third-order valence-electron chi connectivity index (χ3n) is 4.40. The highest BCUT2D eigenvalue weighted by Crippen LogP contribution is 2.39. The lowest BCUT2D eigenvalue weighted by Crippen LogP contribution is -2.17. The van der Waals surface area contributed by atoms with Gasteiger partial charge in [0.2, 0.25) is 0 Å². The Morgan fingerprint density at radius 1 is 1.21 bits per heavy atom. The van der Waals surface area contributed by atoms with Gasteiger partial charge in [0.05, 0.1) is 7.11 Å². The Labute approximate surface area is 116 Å². The first-order valence-corrected chi connectivity index (χ1v) is 7.34. The fraction of sp³-hybridized carbons (Fsp3) is 0.588. The molecule has 1 fully saturated rings. The Hall–Kier alpha value is -1.31. The highest BCUT2D eigenvalue weighted by molar-refractivity contribution is 5.69. The highest BCUT2D eigenvalue weighted by atomic mass is 16.5. The number of hydrogen-bond donors (Lipinski definition) is 0. The van der Waals surface area contributed by atoms with Gasteiger partial charge in [-0.1, -0.05) is 43.5 Å². The quantitative estimate of drug-likeness (QED) is 0.600. The molecule has 0 radical (unpaired) electrons. The van der Waals surface area contributed by atoms with Gasteiger partial charge in [-0.3, -0.25) is 4.79 Å². The third kappa shape index (κ3) is 3.59. The van der Waals surface area contributed by atoms with Crippen LogP contribution in [-0.2, 0) is 9.53 Å². The standard InChI is InChI=1S/C17H24O2/c1-13-8-6-7-10-15(13)16-11-5-3-4-9-14(16)12-17(18)19-2/h6-8,10,14,16H,3-5,9,11-12H2,1-2H3. The molecular formula is C17H24O2. The van der Waals surface area contributed by atoms with Crippen molar-refractivity contribution in [3.8, 4) is 0 Å². The predicted octanol–water partition coefficient (Wildman–Crippen LogP) is 4.22. The maximum atomic E-state index is 11.6. The van der Waals surface area contributed by atoms with Crippen molar-refractivity contribution in [3.63, 3.8) is 0 Å². The molecule has 0 amide bonds. The van der Waals surface area contributed by atoms with Gasteiger partial charge in [0, 0.05) is 6.42 Å². The van der Waals surface area contributed by atoms with Gasteiger partial charge in [-0.15, -0.1) is 0 Å². The third-order valence-corrected chi connectivity index (χ3v) is 4.40. The molecule has 0 aromatic heterocycles. The lowest BCUT2D eigenvalue weighted by molar-refractivity contribution is -0.142. The second-order valence-electron chi connectivity index (χ2n) is 5.64. The first-order chi connectivity index (χ1) is 9.22. The van der Waals surface area contributed by atoms with E-state index in [1.54, 1.807) is 0 Å². The van der Waals surface area contributed by atoms with Crippen molar-refractivity contribution < 1.29 is 9.53 Å². The van der Waals surface area contributed by atoms with Crippen LogP contribution in [-0.4, -0.2) is 13.1 Å². The van der Waals surface area contributed by atoms with Crippen LogP contribution in [0.25, 0.3) is 0 Å². The zero-order valence-electron chi connectivity index (χ0n) is 12.0. The average Bonchev–Trinajstić information content (AvgIpc) is 2.65. The first-order valence-electron chi connectivity index (χ1n) is 7.34. The fourth-order valence-corrected chi connectivity index (χ4v) is 3.34. The Balaban J connectivity index is 2.22. The Morgan fingerprint density at radius 2 is 1.95 bits per heavy atom. The molecule has 104 valence electrons. The number of hydrogen-bond acceptors (Lipinski definition) is 2. The summed E-state index contributed by atoms with van der Waals surface area (Å²) >= 11 is 0. The summed E-state index contributed by atoms with van der Waals surface area (Å²) in [6.45, 7) is 2.18. The lowest BCUT2D eigenvalue weighted by atomic mass is 9.79. The molecule has 0 N–H and O–H groups in total. The minimum absolute atomic E-state index is 0.0644. The van der Waals surface area contributed by atoms with Crippen molar-refractivity contribution in [2.45, 2.75) is 51.4 Å². The largest absolute Gasteiger partial charge is 0.469 e. The summed E-state index contributed by atoms with van der Waals surface area (Å²) in [5.74, 6) is 0.893. The molecule has 2 nitrogen and oxygen atoms in total. The van der Waals surface area contributed by atoms with E-state index >= 15 is 0 Å². The van der Waals surface area contributed by atoms with Gasteiger partial charge in [-0.05, 0) is 42.7 Å². The second kappa shape index (κ2) is 6.74. The SMILES string of the molecule is COC(=O)CC1CCCCCC1c1ccccc1C. The van der Waals surface area contributed by atoms with E-state index in [-0.39, 0.29) is 5.97 Å². The highest BCUT2D eigenvalue weighted by Gasteiger charge is 2.28. The summed E-state index contributed by atoms with van der Waals surface area (Å²) in [6.07, 6.45) is 6.72. The van der Waals surface area contributed by atoms with Crippen LogP contribution in [0.15, 0.2) is 24.3 Å². The van der Waals surface area contributed by atoms with Gasteiger partial charge in [-0.25, -0.2) is 0 Å². The molecule has 19 heavy (non-hydrogen) atoms. The van der Waals surface area contributed by atoms with Gasteiger partial charge >= 0.3 is 5.97 Å². The van der Waals surface area contributed by atoms with E-state index < -0.39 is 0 Å². The summed E-state index contributed by atoms with van der Waals surface area (Å²) in [6, 6.07) is 8.61. The molecule has 2 heteroatoms. The average molecular weight is 260 g/mol. The number of carbonyl (C=O) groups excluding carboxylic acids is 1. The van der Waals surface area contributed by atoms with Crippen molar-refractivity contribution in [1.29, 1.82) is 0 Å². The van der Waals surface area contributed by atoms with Crippen LogP contribution in [0.2, 0.25) is 0 Å². The van der Waals surface area contributed by atoms with E-state index in [4.69, 9.17) is 4.74 Å². The molecule has 2 rings (SSSR count). The molecule has 1 aromatic carbocycles. The van der Waals surface area contributed by atoms with Crippen LogP contribution < -0.4 is 0 Å². The minimum Gasteiger partial charge on any atom is -0.469 e. The van der Waals surface area contributed by atoms with E-state index in [0.29, 0.717) is 18.3 Å². The first kappa shape index (κ1) is 14.1. The number of ether oxygens (including phenoxy) is 1. The monoisotopic (exact) mass is 260 g/mol. The van der Waals surface area contributed by atoms with E-state index in [1.165, 1.54) is 43.9 Å². The summed E-state index contributed by atoms with van der Waals surface area (Å²) in [4.78, 5) is 11.6. The fourth-order valence-electron chi connectivity index (χ4n) is 3.34. The number of methoxy groups -OCH3 is 1. The van der Waals surface area contributed by atoms with Gasteiger partial charge in [0.15, 0.2) is 0 Å². The van der Waals surface area contributed by atoms with Crippen LogP contribution in [0.4, 0.5) is 0 Å². The molecule has 2 atom stereocenters. The number of carbonyl (C=O) groups is 1. The number of aryl methyl sites for hydroxylation is 1. The van der Waals surface area contributed by atoms with E-state index in [0.717, 1.165) is 6.42 Å². The summed E-state index contributed by atoms with van der Waals surface area (Å²) in [5.41, 5.74) is 2.78. The summed E-state index contributed by atoms with van der Waals surface area (Å²) < 4.78 is 4.87. The smallest absolute Gasteiger partial charge is 0.305 e. The molecule has 2 unspecified atom stereocenters. The van der Waals surface area contributed by atoms with Crippen LogP contribution in [0.1, 0.15) is 55.6 Å². The molecular weight excluding hydrogens is 236 g/mol. The Kier molecular flexibility index (Phi) is 5.00. The van der Waals surface area contributed by atoms with Crippen LogP contribution >= 0.6 is 0 Å². The van der Waals surface area contributed by atoms with E-state index in [2.05, 4.69) is 31.2 Å². The maximum Gasteiger partial charge on any atom is 0.305 e. The molecule has 1 saturated carbocycles. The van der Waals surface area contributed by atoms with Crippen molar-refractivity contribution in [2.24, 2.45) is 5.92 Å². The predicted molar refractivity (Wildman–Crippen MR) is 77.1 cm³/mol. The maximum absolute atomic E-state index is 11.6. The van der Waals surface area contributed by atoms with Crippen molar-refractivity contribution >= 4 is 5.97 Å². The van der Waals surface area contributed by atoms with Gasteiger partial charge in [-0.2, -0.15) is 0 Å². The Morgan fingerprint density at radius 3 is 2.68 bits per heavy atom. The Bertz CT molecular complexity index is 425. The number of benzene rings is 1. The minimum atomic E-state index is -0.0644. The second-order valence-corrected chi connectivity index (χ2v) is 5.64. The molecule has 0 aliphatic heterocycles. The molecule has 1 aliphatic carbocycles. The molecule has 1 aromatic rings. The van der Waals surface area contributed by atoms with Crippen LogP contribution in [0.3, 0.4) is 0 Å². The molecule has 1 aliphatic rings. The molecule has 0 heterocycles. The zero-order valence-corrected chi connectivity index (χ0v) is 12.0. The lowest BCUT2D eigenvalue weighted by Gasteiger charge is -2.26. The van der Waals surface area contributed by atoms with Gasteiger partial charge in [0.1, 0.15) is 0 Å². The zero-order chi connectivity index (χ0) is 13.7. The van der Waals surface area contributed by atoms with Crippen LogP contribution in [0.5, 0.6) is 0 Å². The summed E-state index contributed by atoms with van der Waals surface area (Å²) in [7, 11) is 1.49. The topological polar surface area (TPSA) is 26.3 Å². The normalized spacial score (nSPS) is 23.7. The van der Waals surface area contributed by atoms with Crippen molar-refractivity contribution in [2.75, 3.05) is 7.11 Å². The summed E-state index contributed by atoms with van der Waals surface area (Å²) in [5, 5.41) is 0. The number of esters is 1. The van der Waals surface area contributed by atoms with Crippen molar-refractivity contribution in [3.05, 3.63) is 35.4 Å². The molecule has 0 bridgehead atoms.